The first-order valence-electron chi connectivity index (χ1n) is 5.29. The maximum atomic E-state index is 11.1. The summed E-state index contributed by atoms with van der Waals surface area (Å²) in [6.45, 7) is 1.46. The number of halogens is 1. The zero-order valence-corrected chi connectivity index (χ0v) is 11.8. The quantitative estimate of drug-likeness (QED) is 0.490. The van der Waals surface area contributed by atoms with E-state index in [2.05, 4.69) is 36.3 Å². The van der Waals surface area contributed by atoms with Crippen LogP contribution in [0, 0.1) is 17.0 Å². The van der Waals surface area contributed by atoms with E-state index >= 15 is 0 Å². The Kier molecular flexibility index (Phi) is 4.05. The molecule has 2 aromatic rings. The van der Waals surface area contributed by atoms with Crippen molar-refractivity contribution in [3.63, 3.8) is 0 Å². The molecule has 0 spiro atoms. The largest absolute Gasteiger partial charge is 0.432 e. The number of hydrazine groups is 1. The van der Waals surface area contributed by atoms with E-state index in [4.69, 9.17) is 10.6 Å². The standard InChI is InChI=1S/C10H9BrN6O3/c1-5-8(17(18)19)9(15-10(14-5)16-12)20-7-2-6(11)3-13-4-7/h2-4H,12H2,1H3,(H,14,15,16). The van der Waals surface area contributed by atoms with Gasteiger partial charge in [-0.05, 0) is 28.9 Å². The van der Waals surface area contributed by atoms with E-state index in [1.807, 2.05) is 0 Å². The van der Waals surface area contributed by atoms with Crippen LogP contribution in [0.15, 0.2) is 22.9 Å². The number of rotatable bonds is 4. The van der Waals surface area contributed by atoms with Gasteiger partial charge >= 0.3 is 11.6 Å². The van der Waals surface area contributed by atoms with Gasteiger partial charge in [0.2, 0.25) is 5.95 Å². The summed E-state index contributed by atoms with van der Waals surface area (Å²) >= 11 is 3.22. The Balaban J connectivity index is 2.48. The third-order valence-corrected chi connectivity index (χ3v) is 2.67. The molecule has 20 heavy (non-hydrogen) atoms. The molecule has 3 N–H and O–H groups in total. The molecule has 2 aromatic heterocycles. The Bertz CT molecular complexity index is 665. The highest BCUT2D eigenvalue weighted by Gasteiger charge is 2.24. The number of nitrogen functional groups attached to an aromatic ring is 1. The maximum absolute atomic E-state index is 11.1. The number of aromatic nitrogens is 3. The second-order valence-electron chi connectivity index (χ2n) is 3.63. The van der Waals surface area contributed by atoms with E-state index in [1.54, 1.807) is 12.3 Å². The van der Waals surface area contributed by atoms with Gasteiger partial charge < -0.3 is 4.74 Å². The molecule has 0 saturated carbocycles. The molecule has 104 valence electrons. The van der Waals surface area contributed by atoms with Crippen molar-refractivity contribution in [1.82, 2.24) is 15.0 Å². The molecule has 0 fully saturated rings. The summed E-state index contributed by atoms with van der Waals surface area (Å²) in [6, 6.07) is 1.60. The minimum Gasteiger partial charge on any atom is -0.432 e. The molecule has 0 amide bonds. The van der Waals surface area contributed by atoms with Crippen molar-refractivity contribution < 1.29 is 9.66 Å². The topological polar surface area (TPSA) is 129 Å². The van der Waals surface area contributed by atoms with Crippen LogP contribution < -0.4 is 16.0 Å². The minimum atomic E-state index is -0.615. The van der Waals surface area contributed by atoms with Crippen molar-refractivity contribution in [2.75, 3.05) is 5.43 Å². The zero-order valence-electron chi connectivity index (χ0n) is 10.2. The summed E-state index contributed by atoms with van der Waals surface area (Å²) in [5.41, 5.74) is 2.03. The van der Waals surface area contributed by atoms with Crippen LogP contribution in [0.25, 0.3) is 0 Å². The average molecular weight is 341 g/mol. The number of ether oxygens (including phenoxy) is 1. The Morgan fingerprint density at radius 3 is 2.80 bits per heavy atom. The average Bonchev–Trinajstić information content (AvgIpc) is 2.37. The van der Waals surface area contributed by atoms with Crippen molar-refractivity contribution in [2.24, 2.45) is 5.84 Å². The molecule has 0 saturated heterocycles. The van der Waals surface area contributed by atoms with Crippen molar-refractivity contribution in [3.05, 3.63) is 38.7 Å². The van der Waals surface area contributed by atoms with E-state index in [1.165, 1.54) is 13.1 Å². The van der Waals surface area contributed by atoms with Crippen molar-refractivity contribution in [1.29, 1.82) is 0 Å². The predicted octanol–water partition coefficient (Wildman–Crippen LogP) is 1.93. The molecule has 2 heterocycles. The van der Waals surface area contributed by atoms with Crippen molar-refractivity contribution in [3.8, 4) is 11.6 Å². The number of pyridine rings is 1. The van der Waals surface area contributed by atoms with Crippen LogP contribution in [-0.4, -0.2) is 19.9 Å². The number of hydrogen-bond acceptors (Lipinski definition) is 8. The van der Waals surface area contributed by atoms with Crippen LogP contribution in [-0.2, 0) is 0 Å². The second kappa shape index (κ2) is 5.75. The predicted molar refractivity (Wildman–Crippen MR) is 73.2 cm³/mol. The highest BCUT2D eigenvalue weighted by Crippen LogP contribution is 2.32. The number of anilines is 1. The lowest BCUT2D eigenvalue weighted by atomic mass is 10.3. The maximum Gasteiger partial charge on any atom is 0.352 e. The van der Waals surface area contributed by atoms with Gasteiger partial charge in [-0.25, -0.2) is 10.8 Å². The van der Waals surface area contributed by atoms with E-state index in [0.29, 0.717) is 10.2 Å². The lowest BCUT2D eigenvalue weighted by Gasteiger charge is -2.08. The zero-order chi connectivity index (χ0) is 14.7. The number of nitro groups is 1. The summed E-state index contributed by atoms with van der Waals surface area (Å²) in [7, 11) is 0. The van der Waals surface area contributed by atoms with Gasteiger partial charge in [0.15, 0.2) is 0 Å². The fourth-order valence-corrected chi connectivity index (χ4v) is 1.79. The Labute approximate surface area is 121 Å². The number of nitrogens with one attached hydrogen (secondary N) is 1. The van der Waals surface area contributed by atoms with Gasteiger partial charge in [-0.1, -0.05) is 0 Å². The van der Waals surface area contributed by atoms with Crippen LogP contribution in [0.3, 0.4) is 0 Å². The molecule has 0 aliphatic rings. The lowest BCUT2D eigenvalue weighted by molar-refractivity contribution is -0.386. The summed E-state index contributed by atoms with van der Waals surface area (Å²) in [6.07, 6.45) is 2.96. The molecular formula is C10H9BrN6O3. The minimum absolute atomic E-state index is 0.0195. The molecular weight excluding hydrogens is 332 g/mol. The molecule has 2 rings (SSSR count). The summed E-state index contributed by atoms with van der Waals surface area (Å²) in [5.74, 6) is 5.31. The highest BCUT2D eigenvalue weighted by molar-refractivity contribution is 9.10. The fraction of sp³-hybridized carbons (Fsp3) is 0.100. The fourth-order valence-electron chi connectivity index (χ4n) is 1.45. The van der Waals surface area contributed by atoms with Crippen LogP contribution in [0.4, 0.5) is 11.6 Å². The number of aryl methyl sites for hydroxylation is 1. The van der Waals surface area contributed by atoms with Gasteiger partial charge in [0.05, 0.1) is 11.1 Å². The molecule has 0 radical (unpaired) electrons. The Morgan fingerprint density at radius 1 is 1.45 bits per heavy atom. The Morgan fingerprint density at radius 2 is 2.20 bits per heavy atom. The number of hydrogen-bond donors (Lipinski definition) is 2. The van der Waals surface area contributed by atoms with Crippen LogP contribution in [0.2, 0.25) is 0 Å². The van der Waals surface area contributed by atoms with Gasteiger partial charge in [-0.3, -0.25) is 20.5 Å². The summed E-state index contributed by atoms with van der Waals surface area (Å²) < 4.78 is 6.06. The monoisotopic (exact) mass is 340 g/mol. The first kappa shape index (κ1) is 14.1. The Hall–Kier alpha value is -2.33. The lowest BCUT2D eigenvalue weighted by Crippen LogP contribution is -2.12. The molecule has 0 aliphatic carbocycles. The third kappa shape index (κ3) is 2.97. The van der Waals surface area contributed by atoms with E-state index in [9.17, 15) is 10.1 Å². The summed E-state index contributed by atoms with van der Waals surface area (Å²) in [4.78, 5) is 22.0. The first-order valence-corrected chi connectivity index (χ1v) is 6.08. The van der Waals surface area contributed by atoms with Gasteiger partial charge in [-0.15, -0.1) is 0 Å². The SMILES string of the molecule is Cc1nc(NN)nc(Oc2cncc(Br)c2)c1[N+](=O)[O-]. The van der Waals surface area contributed by atoms with Gasteiger partial charge in [0.1, 0.15) is 11.4 Å². The van der Waals surface area contributed by atoms with Gasteiger partial charge in [0.25, 0.3) is 0 Å². The van der Waals surface area contributed by atoms with Crippen LogP contribution in [0.1, 0.15) is 5.69 Å². The third-order valence-electron chi connectivity index (χ3n) is 2.23. The van der Waals surface area contributed by atoms with Crippen LogP contribution >= 0.6 is 15.9 Å². The molecule has 0 bridgehead atoms. The van der Waals surface area contributed by atoms with E-state index in [-0.39, 0.29) is 23.2 Å². The first-order chi connectivity index (χ1) is 9.51. The number of nitrogens with zero attached hydrogens (tertiary/aromatic N) is 4. The van der Waals surface area contributed by atoms with Gasteiger partial charge in [-0.2, -0.15) is 4.98 Å². The number of nitrogens with two attached hydrogens (primary N) is 1. The van der Waals surface area contributed by atoms with E-state index in [0.717, 1.165) is 0 Å². The smallest absolute Gasteiger partial charge is 0.352 e. The van der Waals surface area contributed by atoms with Gasteiger partial charge in [0, 0.05) is 10.7 Å². The molecule has 9 nitrogen and oxygen atoms in total. The van der Waals surface area contributed by atoms with E-state index < -0.39 is 4.92 Å². The second-order valence-corrected chi connectivity index (χ2v) is 4.54. The highest BCUT2D eigenvalue weighted by atomic mass is 79.9. The normalized spacial score (nSPS) is 10.2. The van der Waals surface area contributed by atoms with Crippen LogP contribution in [0.5, 0.6) is 11.6 Å². The molecule has 0 aromatic carbocycles. The van der Waals surface area contributed by atoms with Crippen molar-refractivity contribution >= 4 is 27.6 Å². The molecule has 10 heteroatoms. The van der Waals surface area contributed by atoms with Crippen molar-refractivity contribution in [2.45, 2.75) is 6.92 Å². The summed E-state index contributed by atoms with van der Waals surface area (Å²) in [5, 5.41) is 11.1. The molecule has 0 unspecified atom stereocenters. The molecule has 0 aliphatic heterocycles. The molecule has 0 atom stereocenters.